The van der Waals surface area contributed by atoms with E-state index in [4.69, 9.17) is 9.47 Å². The molecular formula is C44H48N4O4. The minimum absolute atomic E-state index is 0.00645. The van der Waals surface area contributed by atoms with Gasteiger partial charge in [-0.1, -0.05) is 121 Å². The molecule has 0 spiro atoms. The zero-order valence-corrected chi connectivity index (χ0v) is 29.6. The average Bonchev–Trinajstić information content (AvgIpc) is 3.21. The Morgan fingerprint density at radius 2 is 1.23 bits per heavy atom. The van der Waals surface area contributed by atoms with Gasteiger partial charge in [-0.05, 0) is 51.1 Å². The third-order valence-electron chi connectivity index (χ3n) is 9.96. The van der Waals surface area contributed by atoms with Crippen LogP contribution in [0.4, 0.5) is 4.79 Å². The van der Waals surface area contributed by atoms with Crippen molar-refractivity contribution < 1.29 is 19.4 Å². The Balaban J connectivity index is 1.01. The van der Waals surface area contributed by atoms with Gasteiger partial charge in [0.15, 0.2) is 6.29 Å². The zero-order valence-electron chi connectivity index (χ0n) is 29.6. The highest BCUT2D eigenvalue weighted by atomic mass is 16.7. The van der Waals surface area contributed by atoms with E-state index in [0.717, 1.165) is 84.6 Å². The van der Waals surface area contributed by atoms with E-state index in [9.17, 15) is 9.90 Å². The number of hydrogen-bond donors (Lipinski definition) is 3. The Morgan fingerprint density at radius 1 is 0.615 bits per heavy atom. The predicted molar refractivity (Wildman–Crippen MR) is 204 cm³/mol. The molecule has 2 heterocycles. The summed E-state index contributed by atoms with van der Waals surface area (Å²) < 4.78 is 13.5. The molecular weight excluding hydrogens is 649 g/mol. The summed E-state index contributed by atoms with van der Waals surface area (Å²) in [6, 6.07) is 45.1. The van der Waals surface area contributed by atoms with E-state index in [1.807, 2.05) is 54.6 Å². The number of carbonyl (C=O) groups excluding carboxylic acids is 1. The first-order valence-corrected chi connectivity index (χ1v) is 18.3. The van der Waals surface area contributed by atoms with Crippen LogP contribution in [0.2, 0.25) is 0 Å². The molecule has 0 aliphatic carbocycles. The van der Waals surface area contributed by atoms with Gasteiger partial charge in [-0.2, -0.15) is 0 Å². The standard InChI is InChI=1S/C44H48N4O4/c49-32-35-17-19-37(20-18-35)42-27-41(31-48-23-21-47(22-24-48)30-34-11-5-2-6-12-34)51-43(52-42)40-16-8-15-39(26-40)38-14-7-13-36(25-38)29-46-44(50)45-28-33-9-3-1-4-10-33/h1-20,25-26,41-43,49H,21-24,27-32H2,(H2,45,46,50)/t41-,42+,43+/m1/s1. The Hall–Kier alpha value is -4.83. The summed E-state index contributed by atoms with van der Waals surface area (Å²) in [4.78, 5) is 17.5. The van der Waals surface area contributed by atoms with Crippen molar-refractivity contribution in [1.82, 2.24) is 20.4 Å². The number of hydrogen-bond acceptors (Lipinski definition) is 6. The van der Waals surface area contributed by atoms with Crippen molar-refractivity contribution in [3.8, 4) is 11.1 Å². The van der Waals surface area contributed by atoms with Crippen molar-refractivity contribution >= 4 is 6.03 Å². The van der Waals surface area contributed by atoms with Gasteiger partial charge >= 0.3 is 6.03 Å². The molecule has 3 N–H and O–H groups in total. The fraction of sp³-hybridized carbons (Fsp3) is 0.295. The van der Waals surface area contributed by atoms with E-state index >= 15 is 0 Å². The molecule has 5 aromatic carbocycles. The number of nitrogens with one attached hydrogen (secondary N) is 2. The number of aliphatic hydroxyl groups is 1. The summed E-state index contributed by atoms with van der Waals surface area (Å²) in [5, 5.41) is 15.5. The summed E-state index contributed by atoms with van der Waals surface area (Å²) in [6.45, 7) is 6.81. The Morgan fingerprint density at radius 3 is 1.94 bits per heavy atom. The average molecular weight is 697 g/mol. The SMILES string of the molecule is O=C(NCc1ccccc1)NCc1cccc(-c2cccc([C@H]3O[C@@H](CN4CCN(Cc5ccccc5)CC4)C[C@@H](c4ccc(CO)cc4)O3)c2)c1. The fourth-order valence-corrected chi connectivity index (χ4v) is 7.04. The zero-order chi connectivity index (χ0) is 35.5. The smallest absolute Gasteiger partial charge is 0.315 e. The third-order valence-corrected chi connectivity index (χ3v) is 9.96. The number of amides is 2. The van der Waals surface area contributed by atoms with Crippen LogP contribution in [0.5, 0.6) is 0 Å². The van der Waals surface area contributed by atoms with Crippen LogP contribution in [0, 0.1) is 0 Å². The van der Waals surface area contributed by atoms with Gasteiger partial charge in [0.25, 0.3) is 0 Å². The highest BCUT2D eigenvalue weighted by molar-refractivity contribution is 5.74. The number of rotatable bonds is 12. The van der Waals surface area contributed by atoms with Gasteiger partial charge in [0.2, 0.25) is 0 Å². The van der Waals surface area contributed by atoms with Crippen LogP contribution in [-0.4, -0.2) is 59.8 Å². The quantitative estimate of drug-likeness (QED) is 0.128. The van der Waals surface area contributed by atoms with Crippen LogP contribution < -0.4 is 10.6 Å². The van der Waals surface area contributed by atoms with E-state index in [2.05, 4.69) is 99.3 Å². The van der Waals surface area contributed by atoms with Gasteiger partial charge in [-0.25, -0.2) is 4.79 Å². The number of carbonyl (C=O) groups is 1. The number of ether oxygens (including phenoxy) is 2. The topological polar surface area (TPSA) is 86.3 Å². The summed E-state index contributed by atoms with van der Waals surface area (Å²) in [6.07, 6.45) is 0.0843. The van der Waals surface area contributed by atoms with Crippen LogP contribution in [-0.2, 0) is 35.7 Å². The van der Waals surface area contributed by atoms with Crippen LogP contribution in [0.3, 0.4) is 0 Å². The van der Waals surface area contributed by atoms with E-state index in [1.54, 1.807) is 0 Å². The first-order chi connectivity index (χ1) is 25.6. The maximum absolute atomic E-state index is 12.5. The lowest BCUT2D eigenvalue weighted by molar-refractivity contribution is -0.253. The van der Waals surface area contributed by atoms with E-state index in [0.29, 0.717) is 13.1 Å². The lowest BCUT2D eigenvalue weighted by atomic mass is 9.98. The summed E-state index contributed by atoms with van der Waals surface area (Å²) in [5.74, 6) is 0. The molecule has 2 aliphatic rings. The van der Waals surface area contributed by atoms with Gasteiger partial charge in [0.1, 0.15) is 0 Å². The summed E-state index contributed by atoms with van der Waals surface area (Å²) in [7, 11) is 0. The van der Waals surface area contributed by atoms with Crippen LogP contribution >= 0.6 is 0 Å². The molecule has 8 nitrogen and oxygen atoms in total. The first kappa shape index (κ1) is 35.6. The van der Waals surface area contributed by atoms with Crippen molar-refractivity contribution in [2.45, 2.75) is 51.2 Å². The van der Waals surface area contributed by atoms with E-state index in [1.165, 1.54) is 5.56 Å². The van der Waals surface area contributed by atoms with Crippen molar-refractivity contribution in [3.05, 3.63) is 167 Å². The molecule has 2 saturated heterocycles. The molecule has 7 rings (SSSR count). The second-order valence-electron chi connectivity index (χ2n) is 13.8. The molecule has 3 atom stereocenters. The number of piperazine rings is 1. The Labute approximate surface area is 307 Å². The molecule has 8 heteroatoms. The molecule has 5 aromatic rings. The number of nitrogens with zero attached hydrogens (tertiary/aromatic N) is 2. The van der Waals surface area contributed by atoms with Crippen molar-refractivity contribution in [2.24, 2.45) is 0 Å². The van der Waals surface area contributed by atoms with Gasteiger partial charge in [-0.3, -0.25) is 9.80 Å². The van der Waals surface area contributed by atoms with Crippen LogP contribution in [0.15, 0.2) is 133 Å². The van der Waals surface area contributed by atoms with Crippen molar-refractivity contribution in [1.29, 1.82) is 0 Å². The minimum atomic E-state index is -0.529. The number of benzene rings is 5. The molecule has 0 bridgehead atoms. The van der Waals surface area contributed by atoms with Gasteiger partial charge < -0.3 is 25.2 Å². The minimum Gasteiger partial charge on any atom is -0.392 e. The molecule has 52 heavy (non-hydrogen) atoms. The molecule has 2 amide bonds. The lowest BCUT2D eigenvalue weighted by Crippen LogP contribution is -2.49. The highest BCUT2D eigenvalue weighted by Gasteiger charge is 2.34. The summed E-state index contributed by atoms with van der Waals surface area (Å²) in [5.41, 5.74) is 8.48. The number of aliphatic hydroxyl groups excluding tert-OH is 1. The van der Waals surface area contributed by atoms with Gasteiger partial charge in [0, 0.05) is 64.3 Å². The molecule has 0 aromatic heterocycles. The monoisotopic (exact) mass is 696 g/mol. The third kappa shape index (κ3) is 9.73. The maximum Gasteiger partial charge on any atom is 0.315 e. The predicted octanol–water partition coefficient (Wildman–Crippen LogP) is 7.21. The molecule has 0 radical (unpaired) electrons. The normalized spacial score (nSPS) is 19.6. The molecule has 0 unspecified atom stereocenters. The molecule has 2 fully saturated rings. The molecule has 268 valence electrons. The largest absolute Gasteiger partial charge is 0.392 e. The highest BCUT2D eigenvalue weighted by Crippen LogP contribution is 2.39. The second kappa shape index (κ2) is 17.6. The molecule has 2 aliphatic heterocycles. The van der Waals surface area contributed by atoms with E-state index in [-0.39, 0.29) is 24.8 Å². The Bertz CT molecular complexity index is 1860. The van der Waals surface area contributed by atoms with Crippen LogP contribution in [0.25, 0.3) is 11.1 Å². The summed E-state index contributed by atoms with van der Waals surface area (Å²) >= 11 is 0. The molecule has 0 saturated carbocycles. The second-order valence-corrected chi connectivity index (χ2v) is 13.8. The maximum atomic E-state index is 12.5. The Kier molecular flexibility index (Phi) is 12.0. The van der Waals surface area contributed by atoms with Gasteiger partial charge in [-0.15, -0.1) is 0 Å². The van der Waals surface area contributed by atoms with Gasteiger partial charge in [0.05, 0.1) is 18.8 Å². The number of urea groups is 1. The van der Waals surface area contributed by atoms with Crippen LogP contribution in [0.1, 0.15) is 52.2 Å². The first-order valence-electron chi connectivity index (χ1n) is 18.3. The lowest BCUT2D eigenvalue weighted by Gasteiger charge is -2.41. The van der Waals surface area contributed by atoms with Crippen molar-refractivity contribution in [3.63, 3.8) is 0 Å². The fourth-order valence-electron chi connectivity index (χ4n) is 7.04. The van der Waals surface area contributed by atoms with Crippen molar-refractivity contribution in [2.75, 3.05) is 32.7 Å². The van der Waals surface area contributed by atoms with E-state index < -0.39 is 6.29 Å².